The van der Waals surface area contributed by atoms with Gasteiger partial charge in [-0.05, 0) is 87.6 Å². The van der Waals surface area contributed by atoms with Crippen molar-refractivity contribution in [2.75, 3.05) is 25.5 Å². The molecular weight excluding hydrogens is 456 g/mol. The molecule has 1 N–H and O–H groups in total. The Morgan fingerprint density at radius 3 is 2.36 bits per heavy atom. The standard InChI is InChI=1S/C28H32N4O4/c1-18-23(28(35)31-16-5-6-17-31)8-7-9-25(18)29-27(34)21-10-12-22(13-11-21)32-20(3)24(19(2)30-32)14-15-26(33)36-4/h7-13H,5-6,14-17H2,1-4H3,(H,29,34). The fourth-order valence-electron chi connectivity index (χ4n) is 4.66. The average molecular weight is 489 g/mol. The number of hydrogen-bond acceptors (Lipinski definition) is 5. The van der Waals surface area contributed by atoms with E-state index in [0.29, 0.717) is 29.7 Å². The zero-order valence-electron chi connectivity index (χ0n) is 21.3. The van der Waals surface area contributed by atoms with Gasteiger partial charge in [0.2, 0.25) is 0 Å². The van der Waals surface area contributed by atoms with Gasteiger partial charge >= 0.3 is 5.97 Å². The smallest absolute Gasteiger partial charge is 0.305 e. The maximum absolute atomic E-state index is 13.0. The highest BCUT2D eigenvalue weighted by Crippen LogP contribution is 2.24. The summed E-state index contributed by atoms with van der Waals surface area (Å²) in [5.41, 5.74) is 6.16. The van der Waals surface area contributed by atoms with Crippen molar-refractivity contribution in [3.63, 3.8) is 0 Å². The summed E-state index contributed by atoms with van der Waals surface area (Å²) in [5.74, 6) is -0.484. The minimum atomic E-state index is -0.252. The predicted molar refractivity (Wildman–Crippen MR) is 138 cm³/mol. The predicted octanol–water partition coefficient (Wildman–Crippen LogP) is 4.39. The average Bonchev–Trinajstić information content (AvgIpc) is 3.52. The van der Waals surface area contributed by atoms with Gasteiger partial charge < -0.3 is 15.0 Å². The zero-order valence-corrected chi connectivity index (χ0v) is 21.3. The zero-order chi connectivity index (χ0) is 25.8. The summed E-state index contributed by atoms with van der Waals surface area (Å²) in [4.78, 5) is 39.3. The molecule has 1 aromatic heterocycles. The van der Waals surface area contributed by atoms with E-state index in [0.717, 1.165) is 54.1 Å². The van der Waals surface area contributed by atoms with Gasteiger partial charge in [-0.3, -0.25) is 14.4 Å². The molecular formula is C28H32N4O4. The third-order valence-electron chi connectivity index (χ3n) is 6.83. The Hall–Kier alpha value is -3.94. The van der Waals surface area contributed by atoms with Crippen molar-refractivity contribution in [1.29, 1.82) is 0 Å². The molecule has 0 radical (unpaired) electrons. The van der Waals surface area contributed by atoms with Crippen molar-refractivity contribution in [3.8, 4) is 5.69 Å². The molecule has 2 aromatic carbocycles. The van der Waals surface area contributed by atoms with E-state index in [1.54, 1.807) is 18.2 Å². The van der Waals surface area contributed by atoms with Crippen LogP contribution in [-0.2, 0) is 16.0 Å². The molecule has 1 fully saturated rings. The second-order valence-corrected chi connectivity index (χ2v) is 9.12. The molecule has 36 heavy (non-hydrogen) atoms. The number of benzene rings is 2. The molecule has 8 heteroatoms. The monoisotopic (exact) mass is 488 g/mol. The van der Waals surface area contributed by atoms with Crippen LogP contribution in [0.25, 0.3) is 5.69 Å². The maximum Gasteiger partial charge on any atom is 0.305 e. The molecule has 0 unspecified atom stereocenters. The lowest BCUT2D eigenvalue weighted by Gasteiger charge is -2.18. The molecule has 0 spiro atoms. The maximum atomic E-state index is 13.0. The van der Waals surface area contributed by atoms with Crippen molar-refractivity contribution in [2.45, 2.75) is 46.5 Å². The van der Waals surface area contributed by atoms with Crippen LogP contribution in [0.5, 0.6) is 0 Å². The van der Waals surface area contributed by atoms with Crippen LogP contribution in [0.2, 0.25) is 0 Å². The first kappa shape index (κ1) is 25.2. The molecule has 1 aliphatic heterocycles. The molecule has 8 nitrogen and oxygen atoms in total. The quantitative estimate of drug-likeness (QED) is 0.498. The second kappa shape index (κ2) is 10.8. The Kier molecular flexibility index (Phi) is 7.52. The number of rotatable bonds is 7. The van der Waals surface area contributed by atoms with Crippen molar-refractivity contribution in [3.05, 3.63) is 76.1 Å². The van der Waals surface area contributed by atoms with Crippen LogP contribution in [0, 0.1) is 20.8 Å². The van der Waals surface area contributed by atoms with Gasteiger partial charge in [-0.25, -0.2) is 4.68 Å². The minimum Gasteiger partial charge on any atom is -0.469 e. The molecule has 0 atom stereocenters. The SMILES string of the molecule is COC(=O)CCc1c(C)nn(-c2ccc(C(=O)Nc3cccc(C(=O)N4CCCC4)c3C)cc2)c1C. The first-order valence-corrected chi connectivity index (χ1v) is 12.2. The first-order chi connectivity index (χ1) is 17.3. The molecule has 0 aliphatic carbocycles. The van der Waals surface area contributed by atoms with Gasteiger partial charge in [0.25, 0.3) is 11.8 Å². The first-order valence-electron chi connectivity index (χ1n) is 12.2. The fraction of sp³-hybridized carbons (Fsp3) is 0.357. The number of amides is 2. The van der Waals surface area contributed by atoms with E-state index in [4.69, 9.17) is 4.74 Å². The van der Waals surface area contributed by atoms with Crippen LogP contribution in [0.4, 0.5) is 5.69 Å². The van der Waals surface area contributed by atoms with E-state index in [2.05, 4.69) is 10.4 Å². The molecule has 188 valence electrons. The lowest BCUT2D eigenvalue weighted by Crippen LogP contribution is -2.28. The summed E-state index contributed by atoms with van der Waals surface area (Å²) in [7, 11) is 1.38. The topological polar surface area (TPSA) is 93.5 Å². The Morgan fingerprint density at radius 1 is 1.00 bits per heavy atom. The number of aryl methyl sites for hydroxylation is 1. The van der Waals surface area contributed by atoms with Gasteiger partial charge in [0.15, 0.2) is 0 Å². The lowest BCUT2D eigenvalue weighted by molar-refractivity contribution is -0.140. The number of hydrogen-bond donors (Lipinski definition) is 1. The summed E-state index contributed by atoms with van der Waals surface area (Å²) >= 11 is 0. The fourth-order valence-corrected chi connectivity index (χ4v) is 4.66. The van der Waals surface area contributed by atoms with E-state index in [1.807, 2.05) is 54.6 Å². The van der Waals surface area contributed by atoms with E-state index < -0.39 is 0 Å². The number of nitrogens with zero attached hydrogens (tertiary/aromatic N) is 3. The van der Waals surface area contributed by atoms with Gasteiger partial charge in [0.05, 0.1) is 18.5 Å². The highest BCUT2D eigenvalue weighted by molar-refractivity contribution is 6.06. The summed E-state index contributed by atoms with van der Waals surface area (Å²) in [6.45, 7) is 7.31. The summed E-state index contributed by atoms with van der Waals surface area (Å²) < 4.78 is 6.57. The van der Waals surface area contributed by atoms with Gasteiger partial charge in [-0.1, -0.05) is 6.07 Å². The molecule has 1 aliphatic rings. The number of nitrogens with one attached hydrogen (secondary N) is 1. The molecule has 2 heterocycles. The van der Waals surface area contributed by atoms with Gasteiger partial charge in [-0.15, -0.1) is 0 Å². The molecule has 1 saturated heterocycles. The molecule has 0 saturated carbocycles. The van der Waals surface area contributed by atoms with Crippen LogP contribution >= 0.6 is 0 Å². The summed E-state index contributed by atoms with van der Waals surface area (Å²) in [5, 5.41) is 7.58. The Balaban J connectivity index is 1.48. The highest BCUT2D eigenvalue weighted by Gasteiger charge is 2.22. The van der Waals surface area contributed by atoms with Gasteiger partial charge in [-0.2, -0.15) is 5.10 Å². The van der Waals surface area contributed by atoms with Crippen molar-refractivity contribution < 1.29 is 19.1 Å². The van der Waals surface area contributed by atoms with Crippen LogP contribution in [0.15, 0.2) is 42.5 Å². The second-order valence-electron chi connectivity index (χ2n) is 9.12. The van der Waals surface area contributed by atoms with Crippen LogP contribution in [0.1, 0.15) is 62.5 Å². The van der Waals surface area contributed by atoms with Crippen molar-refractivity contribution in [1.82, 2.24) is 14.7 Å². The number of esters is 1. The van der Waals surface area contributed by atoms with E-state index in [1.165, 1.54) is 7.11 Å². The van der Waals surface area contributed by atoms with Crippen LogP contribution in [-0.4, -0.2) is 52.7 Å². The third-order valence-corrected chi connectivity index (χ3v) is 6.83. The van der Waals surface area contributed by atoms with Gasteiger partial charge in [0, 0.05) is 42.0 Å². The number of anilines is 1. The Labute approximate surface area is 211 Å². The van der Waals surface area contributed by atoms with E-state index >= 15 is 0 Å². The van der Waals surface area contributed by atoms with Crippen LogP contribution in [0.3, 0.4) is 0 Å². The molecule has 0 bridgehead atoms. The largest absolute Gasteiger partial charge is 0.469 e. The number of likely N-dealkylation sites (tertiary alicyclic amines) is 1. The Morgan fingerprint density at radius 2 is 1.69 bits per heavy atom. The number of carbonyl (C=O) groups excluding carboxylic acids is 3. The number of carbonyl (C=O) groups is 3. The van der Waals surface area contributed by atoms with Crippen molar-refractivity contribution in [2.24, 2.45) is 0 Å². The summed E-state index contributed by atoms with van der Waals surface area (Å²) in [6, 6.07) is 12.6. The molecule has 2 amide bonds. The van der Waals surface area contributed by atoms with Gasteiger partial charge in [0.1, 0.15) is 0 Å². The molecule has 3 aromatic rings. The van der Waals surface area contributed by atoms with Crippen LogP contribution < -0.4 is 5.32 Å². The van der Waals surface area contributed by atoms with E-state index in [-0.39, 0.29) is 17.8 Å². The highest BCUT2D eigenvalue weighted by atomic mass is 16.5. The minimum absolute atomic E-state index is 0.0151. The van der Waals surface area contributed by atoms with Crippen molar-refractivity contribution >= 4 is 23.5 Å². The van der Waals surface area contributed by atoms with E-state index in [9.17, 15) is 14.4 Å². The summed E-state index contributed by atoms with van der Waals surface area (Å²) in [6.07, 6.45) is 2.92. The Bertz CT molecular complexity index is 1290. The third kappa shape index (κ3) is 5.17. The normalized spacial score (nSPS) is 13.1. The molecule has 4 rings (SSSR count). The number of aromatic nitrogens is 2. The number of ether oxygens (including phenoxy) is 1. The lowest BCUT2D eigenvalue weighted by atomic mass is 10.0. The number of methoxy groups -OCH3 is 1.